The van der Waals surface area contributed by atoms with Crippen molar-refractivity contribution < 1.29 is 24.4 Å². The highest BCUT2D eigenvalue weighted by Gasteiger charge is 2.23. The number of hydrogen-bond acceptors (Lipinski definition) is 6. The number of nitro benzene ring substituents is 1. The number of hydrogen-bond donors (Lipinski definition) is 3. The van der Waals surface area contributed by atoms with Crippen molar-refractivity contribution in [2.75, 3.05) is 18.5 Å². The van der Waals surface area contributed by atoms with Crippen LogP contribution in [-0.4, -0.2) is 41.1 Å². The molecule has 0 aliphatic rings. The molecule has 1 atom stereocenters. The number of carboxylic acid groups (broad SMARTS) is 1. The molecule has 0 spiro atoms. The first kappa shape index (κ1) is 22.4. The lowest BCUT2D eigenvalue weighted by molar-refractivity contribution is -0.384. The number of nitrogens with one attached hydrogen (secondary N) is 2. The monoisotopic (exact) mass is 381 g/mol. The zero-order chi connectivity index (χ0) is 20.2. The average Bonchev–Trinajstić information content (AvgIpc) is 2.61. The predicted octanol–water partition coefficient (Wildman–Crippen LogP) is 2.95. The van der Waals surface area contributed by atoms with Crippen molar-refractivity contribution in [2.45, 2.75) is 52.0 Å². The van der Waals surface area contributed by atoms with E-state index >= 15 is 0 Å². The number of amides is 1. The summed E-state index contributed by atoms with van der Waals surface area (Å²) in [7, 11) is 0. The van der Waals surface area contributed by atoms with Gasteiger partial charge in [0.15, 0.2) is 0 Å². The fraction of sp³-hybridized carbons (Fsp3) is 0.556. The second kappa shape index (κ2) is 11.8. The second-order valence-corrected chi connectivity index (χ2v) is 6.03. The molecule has 0 aromatic heterocycles. The van der Waals surface area contributed by atoms with Crippen molar-refractivity contribution in [3.8, 4) is 5.75 Å². The number of aliphatic carboxylic acids is 1. The number of anilines is 1. The molecule has 27 heavy (non-hydrogen) atoms. The third-order valence-corrected chi connectivity index (χ3v) is 3.86. The van der Waals surface area contributed by atoms with Gasteiger partial charge in [-0.3, -0.25) is 19.7 Å². The molecule has 1 aromatic carbocycles. The summed E-state index contributed by atoms with van der Waals surface area (Å²) >= 11 is 0. The second-order valence-electron chi connectivity index (χ2n) is 6.03. The summed E-state index contributed by atoms with van der Waals surface area (Å²) in [6, 6.07) is 3.05. The molecular weight excluding hydrogens is 354 g/mol. The Morgan fingerprint density at radius 2 is 2.00 bits per heavy atom. The number of unbranched alkanes of at least 4 members (excludes halogenated alkanes) is 3. The highest BCUT2D eigenvalue weighted by Crippen LogP contribution is 2.29. The molecule has 1 unspecified atom stereocenters. The van der Waals surface area contributed by atoms with Crippen LogP contribution in [0.4, 0.5) is 11.4 Å². The Kier molecular flexibility index (Phi) is 9.81. The molecule has 0 saturated heterocycles. The first-order chi connectivity index (χ1) is 12.9. The highest BCUT2D eigenvalue weighted by molar-refractivity contribution is 5.95. The van der Waals surface area contributed by atoms with E-state index < -0.39 is 22.8 Å². The number of carbonyl (C=O) groups excluding carboxylic acids is 1. The molecule has 3 N–H and O–H groups in total. The number of carbonyl (C=O) groups is 2. The standard InChI is InChI=1S/C18H27N3O6/c1-3-5-6-7-10-19-15(18(23)24)12-17(22)20-14-9-8-13(27-4-2)11-16(14)21(25)26/h8-9,11,15,19H,3-7,10,12H2,1-2H3,(H,20,22)(H,23,24). The Morgan fingerprint density at radius 3 is 2.59 bits per heavy atom. The number of nitrogens with zero attached hydrogens (tertiary/aromatic N) is 1. The van der Waals surface area contributed by atoms with Gasteiger partial charge in [-0.2, -0.15) is 0 Å². The molecule has 0 aliphatic carbocycles. The van der Waals surface area contributed by atoms with E-state index in [0.29, 0.717) is 18.9 Å². The fourth-order valence-corrected chi connectivity index (χ4v) is 2.49. The Balaban J connectivity index is 2.70. The number of ether oxygens (including phenoxy) is 1. The van der Waals surface area contributed by atoms with Gasteiger partial charge in [-0.15, -0.1) is 0 Å². The molecular formula is C18H27N3O6. The number of rotatable bonds is 13. The molecule has 1 aromatic rings. The van der Waals surface area contributed by atoms with E-state index in [1.165, 1.54) is 18.2 Å². The van der Waals surface area contributed by atoms with Crippen molar-refractivity contribution in [3.05, 3.63) is 28.3 Å². The molecule has 1 rings (SSSR count). The molecule has 0 aliphatic heterocycles. The van der Waals surface area contributed by atoms with Gasteiger partial charge in [0.25, 0.3) is 5.69 Å². The minimum Gasteiger partial charge on any atom is -0.494 e. The summed E-state index contributed by atoms with van der Waals surface area (Å²) < 4.78 is 5.22. The van der Waals surface area contributed by atoms with E-state index in [0.717, 1.165) is 25.7 Å². The zero-order valence-corrected chi connectivity index (χ0v) is 15.7. The minimum absolute atomic E-state index is 0.000498. The Morgan fingerprint density at radius 1 is 1.26 bits per heavy atom. The topological polar surface area (TPSA) is 131 Å². The summed E-state index contributed by atoms with van der Waals surface area (Å²) in [4.78, 5) is 34.1. The molecule has 9 heteroatoms. The highest BCUT2D eigenvalue weighted by atomic mass is 16.6. The van der Waals surface area contributed by atoms with Crippen molar-refractivity contribution in [2.24, 2.45) is 0 Å². The molecule has 0 heterocycles. The largest absolute Gasteiger partial charge is 0.494 e. The Hall–Kier alpha value is -2.68. The Labute approximate surface area is 158 Å². The number of nitro groups is 1. The lowest BCUT2D eigenvalue weighted by atomic mass is 10.1. The van der Waals surface area contributed by atoms with Gasteiger partial charge in [-0.05, 0) is 32.0 Å². The number of carboxylic acids is 1. The first-order valence-electron chi connectivity index (χ1n) is 9.06. The molecule has 0 fully saturated rings. The van der Waals surface area contributed by atoms with E-state index in [-0.39, 0.29) is 17.8 Å². The van der Waals surface area contributed by atoms with Crippen LogP contribution < -0.4 is 15.4 Å². The van der Waals surface area contributed by atoms with Crippen LogP contribution in [0.5, 0.6) is 5.75 Å². The molecule has 0 saturated carbocycles. The van der Waals surface area contributed by atoms with E-state index in [1.54, 1.807) is 6.92 Å². The van der Waals surface area contributed by atoms with Crippen molar-refractivity contribution in [1.29, 1.82) is 0 Å². The van der Waals surface area contributed by atoms with Crippen LogP contribution in [0.1, 0.15) is 46.0 Å². The lowest BCUT2D eigenvalue weighted by Crippen LogP contribution is -2.40. The van der Waals surface area contributed by atoms with Crippen LogP contribution in [0.15, 0.2) is 18.2 Å². The van der Waals surface area contributed by atoms with Crippen molar-refractivity contribution in [1.82, 2.24) is 5.32 Å². The lowest BCUT2D eigenvalue weighted by Gasteiger charge is -2.14. The summed E-state index contributed by atoms with van der Waals surface area (Å²) in [5.74, 6) is -1.43. The average molecular weight is 381 g/mol. The summed E-state index contributed by atoms with van der Waals surface area (Å²) in [5.41, 5.74) is -0.311. The van der Waals surface area contributed by atoms with Crippen molar-refractivity contribution in [3.63, 3.8) is 0 Å². The molecule has 9 nitrogen and oxygen atoms in total. The number of benzene rings is 1. The van der Waals surface area contributed by atoms with Gasteiger partial charge in [-0.1, -0.05) is 26.2 Å². The normalized spacial score (nSPS) is 11.6. The van der Waals surface area contributed by atoms with Gasteiger partial charge >= 0.3 is 5.97 Å². The van der Waals surface area contributed by atoms with Crippen LogP contribution in [-0.2, 0) is 9.59 Å². The van der Waals surface area contributed by atoms with E-state index in [1.807, 2.05) is 0 Å². The Bertz CT molecular complexity index is 650. The van der Waals surface area contributed by atoms with Crippen LogP contribution in [0.25, 0.3) is 0 Å². The quantitative estimate of drug-likeness (QED) is 0.272. The molecule has 0 bridgehead atoms. The predicted molar refractivity (Wildman–Crippen MR) is 101 cm³/mol. The summed E-state index contributed by atoms with van der Waals surface area (Å²) in [6.07, 6.45) is 3.63. The van der Waals surface area contributed by atoms with Crippen LogP contribution in [0, 0.1) is 10.1 Å². The van der Waals surface area contributed by atoms with E-state index in [4.69, 9.17) is 4.74 Å². The van der Waals surface area contributed by atoms with Gasteiger partial charge in [0.2, 0.25) is 5.91 Å². The molecule has 1 amide bonds. The molecule has 0 radical (unpaired) electrons. The van der Waals surface area contributed by atoms with Gasteiger partial charge in [0, 0.05) is 0 Å². The van der Waals surface area contributed by atoms with Gasteiger partial charge in [0.1, 0.15) is 17.5 Å². The maximum Gasteiger partial charge on any atom is 0.321 e. The van der Waals surface area contributed by atoms with Gasteiger partial charge < -0.3 is 20.5 Å². The van der Waals surface area contributed by atoms with Crippen LogP contribution in [0.3, 0.4) is 0 Å². The van der Waals surface area contributed by atoms with Crippen molar-refractivity contribution >= 4 is 23.3 Å². The smallest absolute Gasteiger partial charge is 0.321 e. The van der Waals surface area contributed by atoms with Crippen LogP contribution in [0.2, 0.25) is 0 Å². The molecule has 150 valence electrons. The van der Waals surface area contributed by atoms with E-state index in [2.05, 4.69) is 17.6 Å². The zero-order valence-electron chi connectivity index (χ0n) is 15.7. The maximum atomic E-state index is 12.2. The maximum absolute atomic E-state index is 12.2. The fourth-order valence-electron chi connectivity index (χ4n) is 2.49. The minimum atomic E-state index is -1.14. The summed E-state index contributed by atoms with van der Waals surface area (Å²) in [6.45, 7) is 4.68. The van der Waals surface area contributed by atoms with E-state index in [9.17, 15) is 24.8 Å². The van der Waals surface area contributed by atoms with Gasteiger partial charge in [0.05, 0.1) is 24.0 Å². The first-order valence-corrected chi connectivity index (χ1v) is 9.06. The third kappa shape index (κ3) is 8.04. The third-order valence-electron chi connectivity index (χ3n) is 3.86. The van der Waals surface area contributed by atoms with Gasteiger partial charge in [-0.25, -0.2) is 0 Å². The summed E-state index contributed by atoms with van der Waals surface area (Å²) in [5, 5.41) is 25.7. The van der Waals surface area contributed by atoms with Crippen LogP contribution >= 0.6 is 0 Å². The SMILES string of the molecule is CCCCCCNC(CC(=O)Nc1ccc(OCC)cc1[N+](=O)[O-])C(=O)O.